The van der Waals surface area contributed by atoms with E-state index in [4.69, 9.17) is 11.6 Å². The number of amides is 1. The van der Waals surface area contributed by atoms with Crippen molar-refractivity contribution in [2.45, 2.75) is 6.42 Å². The summed E-state index contributed by atoms with van der Waals surface area (Å²) in [5.41, 5.74) is 1.32. The lowest BCUT2D eigenvalue weighted by Gasteiger charge is -2.09. The number of nitrogens with one attached hydrogen (secondary N) is 1. The number of pyridine rings is 1. The molecule has 0 saturated heterocycles. The number of fused-ring (bicyclic) bond motifs is 1. The Bertz CT molecular complexity index is 1200. The molecule has 0 radical (unpaired) electrons. The first-order valence-corrected chi connectivity index (χ1v) is 8.96. The van der Waals surface area contributed by atoms with E-state index < -0.39 is 23.4 Å². The first kappa shape index (κ1) is 19.0. The maximum Gasteiger partial charge on any atom is 0.230 e. The highest BCUT2D eigenvalue weighted by molar-refractivity contribution is 6.31. The average Bonchev–Trinajstić information content (AvgIpc) is 3.02. The van der Waals surface area contributed by atoms with Crippen molar-refractivity contribution in [2.24, 2.45) is 0 Å². The summed E-state index contributed by atoms with van der Waals surface area (Å²) in [6, 6.07) is 12.3. The molecule has 0 spiro atoms. The van der Waals surface area contributed by atoms with Gasteiger partial charge < -0.3 is 5.32 Å². The second-order valence-corrected chi connectivity index (χ2v) is 6.72. The minimum atomic E-state index is -0.594. The largest absolute Gasteiger partial charge is 0.309 e. The van der Waals surface area contributed by atoms with E-state index in [-0.39, 0.29) is 22.8 Å². The zero-order valence-electron chi connectivity index (χ0n) is 14.8. The number of aromatic nitrogens is 2. The third-order valence-electron chi connectivity index (χ3n) is 4.36. The normalized spacial score (nSPS) is 11.0. The molecular formula is C21H13ClF3N3O. The molecule has 2 aromatic heterocycles. The summed E-state index contributed by atoms with van der Waals surface area (Å²) < 4.78 is 42.6. The van der Waals surface area contributed by atoms with Crippen LogP contribution in [0.3, 0.4) is 0 Å². The molecule has 0 atom stereocenters. The number of nitrogens with zero attached hydrogens (tertiary/aromatic N) is 2. The fourth-order valence-electron chi connectivity index (χ4n) is 3.03. The van der Waals surface area contributed by atoms with Gasteiger partial charge in [-0.2, -0.15) is 0 Å². The molecule has 0 bridgehead atoms. The molecule has 0 aliphatic rings. The van der Waals surface area contributed by atoms with Gasteiger partial charge in [0.05, 0.1) is 12.1 Å². The number of benzene rings is 2. The first-order valence-electron chi connectivity index (χ1n) is 8.58. The van der Waals surface area contributed by atoms with Gasteiger partial charge in [0.25, 0.3) is 0 Å². The van der Waals surface area contributed by atoms with Crippen LogP contribution in [0.2, 0.25) is 5.02 Å². The number of carbonyl (C=O) groups is 1. The summed E-state index contributed by atoms with van der Waals surface area (Å²) >= 11 is 5.98. The predicted molar refractivity (Wildman–Crippen MR) is 104 cm³/mol. The fourth-order valence-corrected chi connectivity index (χ4v) is 3.26. The van der Waals surface area contributed by atoms with Crippen LogP contribution >= 0.6 is 11.6 Å². The highest BCUT2D eigenvalue weighted by Gasteiger charge is 2.19. The van der Waals surface area contributed by atoms with E-state index in [1.807, 2.05) is 0 Å². The summed E-state index contributed by atoms with van der Waals surface area (Å²) in [6.07, 6.45) is 0.904. The van der Waals surface area contributed by atoms with Gasteiger partial charge in [-0.1, -0.05) is 17.7 Å². The van der Waals surface area contributed by atoms with E-state index >= 15 is 0 Å². The predicted octanol–water partition coefficient (Wildman–Crippen LogP) is 5.25. The van der Waals surface area contributed by atoms with E-state index in [0.29, 0.717) is 16.9 Å². The molecule has 29 heavy (non-hydrogen) atoms. The molecule has 0 aliphatic heterocycles. The van der Waals surface area contributed by atoms with Crippen LogP contribution in [0, 0.1) is 17.5 Å². The summed E-state index contributed by atoms with van der Waals surface area (Å²) in [5, 5.41) is 2.76. The van der Waals surface area contributed by atoms with Crippen LogP contribution in [0.25, 0.3) is 16.9 Å². The molecule has 4 rings (SSSR count). The van der Waals surface area contributed by atoms with E-state index in [9.17, 15) is 18.0 Å². The minimum Gasteiger partial charge on any atom is -0.309 e. The lowest BCUT2D eigenvalue weighted by molar-refractivity contribution is -0.115. The highest BCUT2D eigenvalue weighted by Crippen LogP contribution is 2.30. The molecule has 1 amide bonds. The molecule has 0 saturated carbocycles. The lowest BCUT2D eigenvalue weighted by atomic mass is 10.1. The molecule has 4 nitrogen and oxygen atoms in total. The molecule has 2 aromatic carbocycles. The smallest absolute Gasteiger partial charge is 0.230 e. The van der Waals surface area contributed by atoms with Crippen molar-refractivity contribution in [3.8, 4) is 11.3 Å². The second kappa shape index (κ2) is 7.60. The highest BCUT2D eigenvalue weighted by atomic mass is 35.5. The number of halogens is 4. The maximum absolute atomic E-state index is 14.0. The summed E-state index contributed by atoms with van der Waals surface area (Å²) in [6.45, 7) is 0. The van der Waals surface area contributed by atoms with Crippen molar-refractivity contribution in [1.82, 2.24) is 9.38 Å². The van der Waals surface area contributed by atoms with Gasteiger partial charge in [-0.3, -0.25) is 9.20 Å². The van der Waals surface area contributed by atoms with Crippen LogP contribution in [-0.2, 0) is 11.2 Å². The van der Waals surface area contributed by atoms with Crippen molar-refractivity contribution >= 4 is 29.0 Å². The quantitative estimate of drug-likeness (QED) is 0.494. The van der Waals surface area contributed by atoms with Gasteiger partial charge in [-0.15, -0.1) is 0 Å². The zero-order valence-corrected chi connectivity index (χ0v) is 15.6. The van der Waals surface area contributed by atoms with Crippen LogP contribution in [0.1, 0.15) is 5.56 Å². The number of hydrogen-bond donors (Lipinski definition) is 1. The molecular weight excluding hydrogens is 403 g/mol. The zero-order chi connectivity index (χ0) is 20.5. The molecule has 146 valence electrons. The Morgan fingerprint density at radius 3 is 2.45 bits per heavy atom. The minimum absolute atomic E-state index is 0.0600. The van der Waals surface area contributed by atoms with Crippen LogP contribution < -0.4 is 5.32 Å². The van der Waals surface area contributed by atoms with Gasteiger partial charge in [0.15, 0.2) is 5.82 Å². The van der Waals surface area contributed by atoms with Gasteiger partial charge >= 0.3 is 0 Å². The Kier molecular flexibility index (Phi) is 4.98. The van der Waals surface area contributed by atoms with Gasteiger partial charge in [-0.25, -0.2) is 18.2 Å². The SMILES string of the molecule is O=C(Cc1c(F)cccc1Cl)Nc1nc2ccc(F)cn2c1-c1ccc(F)cc1. The standard InChI is InChI=1S/C21H13ClF3N3O/c22-16-2-1-3-17(25)15(16)10-19(29)27-21-20(12-4-6-13(23)7-5-12)28-11-14(24)8-9-18(28)26-21/h1-9,11H,10H2,(H,27,29). The Hall–Kier alpha value is -3.32. The van der Waals surface area contributed by atoms with Crippen molar-refractivity contribution in [3.05, 3.63) is 88.8 Å². The van der Waals surface area contributed by atoms with Crippen molar-refractivity contribution in [2.75, 3.05) is 5.32 Å². The number of hydrogen-bond acceptors (Lipinski definition) is 2. The molecule has 0 fully saturated rings. The van der Waals surface area contributed by atoms with Gasteiger partial charge in [-0.05, 0) is 48.5 Å². The van der Waals surface area contributed by atoms with Crippen LogP contribution in [0.4, 0.5) is 19.0 Å². The van der Waals surface area contributed by atoms with Crippen molar-refractivity contribution < 1.29 is 18.0 Å². The molecule has 8 heteroatoms. The average molecular weight is 416 g/mol. The second-order valence-electron chi connectivity index (χ2n) is 6.32. The topological polar surface area (TPSA) is 46.4 Å². The van der Waals surface area contributed by atoms with Crippen LogP contribution in [0.5, 0.6) is 0 Å². The monoisotopic (exact) mass is 415 g/mol. The number of rotatable bonds is 4. The third-order valence-corrected chi connectivity index (χ3v) is 4.71. The van der Waals surface area contributed by atoms with Crippen LogP contribution in [-0.4, -0.2) is 15.3 Å². The Labute approximate surface area is 168 Å². The third kappa shape index (κ3) is 3.82. The first-order chi connectivity index (χ1) is 13.9. The fraction of sp³-hybridized carbons (Fsp3) is 0.0476. The van der Waals surface area contributed by atoms with E-state index in [1.54, 1.807) is 0 Å². The Morgan fingerprint density at radius 2 is 1.72 bits per heavy atom. The van der Waals surface area contributed by atoms with Crippen molar-refractivity contribution in [3.63, 3.8) is 0 Å². The van der Waals surface area contributed by atoms with Crippen LogP contribution in [0.15, 0.2) is 60.8 Å². The lowest BCUT2D eigenvalue weighted by Crippen LogP contribution is -2.16. The number of imidazole rings is 1. The Morgan fingerprint density at radius 1 is 1.00 bits per heavy atom. The summed E-state index contributed by atoms with van der Waals surface area (Å²) in [5.74, 6) is -1.95. The van der Waals surface area contributed by atoms with Gasteiger partial charge in [0.1, 0.15) is 23.1 Å². The maximum atomic E-state index is 14.0. The van der Waals surface area contributed by atoms with Gasteiger partial charge in [0, 0.05) is 22.3 Å². The summed E-state index contributed by atoms with van der Waals surface area (Å²) in [4.78, 5) is 16.9. The molecule has 0 unspecified atom stereocenters. The van der Waals surface area contributed by atoms with E-state index in [0.717, 1.165) is 0 Å². The molecule has 2 heterocycles. The van der Waals surface area contributed by atoms with E-state index in [2.05, 4.69) is 10.3 Å². The van der Waals surface area contributed by atoms with Crippen molar-refractivity contribution in [1.29, 1.82) is 0 Å². The Balaban J connectivity index is 1.74. The summed E-state index contributed by atoms with van der Waals surface area (Å²) in [7, 11) is 0. The molecule has 1 N–H and O–H groups in total. The number of anilines is 1. The van der Waals surface area contributed by atoms with Gasteiger partial charge in [0.2, 0.25) is 5.91 Å². The molecule has 0 aliphatic carbocycles. The molecule has 4 aromatic rings. The van der Waals surface area contributed by atoms with E-state index in [1.165, 1.54) is 65.2 Å². The number of carbonyl (C=O) groups excluding carboxylic acids is 1.